The van der Waals surface area contributed by atoms with Gasteiger partial charge >= 0.3 is 12.2 Å². The van der Waals surface area contributed by atoms with Gasteiger partial charge in [-0.05, 0) is 17.2 Å². The molecule has 0 N–H and O–H groups in total. The number of hydrogen-bond donors (Lipinski definition) is 0. The lowest BCUT2D eigenvalue weighted by atomic mass is 10.0. The van der Waals surface area contributed by atoms with E-state index in [0.717, 1.165) is 15.7 Å². The number of ether oxygens (including phenoxy) is 2. The molecular weight excluding hydrogens is 427 g/mol. The largest absolute Gasteiger partial charge is 0.452 e. The average molecular weight is 442 g/mol. The van der Waals surface area contributed by atoms with Crippen LogP contribution in [0.25, 0.3) is 16.8 Å². The summed E-state index contributed by atoms with van der Waals surface area (Å²) in [7, 11) is 1.37. The van der Waals surface area contributed by atoms with Crippen LogP contribution in [0.2, 0.25) is 0 Å². The van der Waals surface area contributed by atoms with Gasteiger partial charge in [0.15, 0.2) is 6.79 Å². The van der Waals surface area contributed by atoms with Gasteiger partial charge in [-0.2, -0.15) is 13.2 Å². The number of alkyl halides is 4. The molecule has 1 aromatic heterocycles. The van der Waals surface area contributed by atoms with Crippen molar-refractivity contribution in [2.45, 2.75) is 11.5 Å². The molecule has 142 valence electrons. The molecule has 1 heterocycles. The minimum atomic E-state index is -4.70. The molecule has 0 radical (unpaired) electrons. The first-order valence-electron chi connectivity index (χ1n) is 7.84. The average Bonchev–Trinajstić information content (AvgIpc) is 3.10. The van der Waals surface area contributed by atoms with Crippen molar-refractivity contribution in [3.05, 3.63) is 59.9 Å². The maximum absolute atomic E-state index is 13.5. The highest BCUT2D eigenvalue weighted by atomic mass is 79.9. The Morgan fingerprint density at radius 3 is 2.37 bits per heavy atom. The van der Waals surface area contributed by atoms with E-state index in [-0.39, 0.29) is 18.5 Å². The number of para-hydroxylation sites is 1. The van der Waals surface area contributed by atoms with Crippen molar-refractivity contribution in [2.24, 2.45) is 0 Å². The molecule has 0 spiro atoms. The zero-order valence-corrected chi connectivity index (χ0v) is 15.8. The molecule has 0 bridgehead atoms. The summed E-state index contributed by atoms with van der Waals surface area (Å²) in [4.78, 5) is 0. The van der Waals surface area contributed by atoms with Gasteiger partial charge in [0, 0.05) is 18.0 Å². The maximum atomic E-state index is 13.5. The molecule has 0 atom stereocenters. The van der Waals surface area contributed by atoms with Crippen LogP contribution >= 0.6 is 15.9 Å². The van der Waals surface area contributed by atoms with Crippen LogP contribution in [-0.4, -0.2) is 28.7 Å². The van der Waals surface area contributed by atoms with E-state index >= 15 is 0 Å². The predicted molar refractivity (Wildman–Crippen MR) is 96.9 cm³/mol. The first kappa shape index (κ1) is 19.4. The van der Waals surface area contributed by atoms with Gasteiger partial charge in [0.2, 0.25) is 5.82 Å². The number of methoxy groups -OCH3 is 1. The third-order valence-electron chi connectivity index (χ3n) is 3.76. The van der Waals surface area contributed by atoms with E-state index in [4.69, 9.17) is 9.47 Å². The molecule has 27 heavy (non-hydrogen) atoms. The van der Waals surface area contributed by atoms with Crippen molar-refractivity contribution in [3.8, 4) is 22.8 Å². The Bertz CT molecular complexity index is 911. The van der Waals surface area contributed by atoms with E-state index in [9.17, 15) is 13.2 Å². The summed E-state index contributed by atoms with van der Waals surface area (Å²) in [6, 6.07) is 13.9. The monoisotopic (exact) mass is 441 g/mol. The highest BCUT2D eigenvalue weighted by Crippen LogP contribution is 2.36. The first-order chi connectivity index (χ1) is 13.0. The second kappa shape index (κ2) is 8.10. The maximum Gasteiger partial charge on any atom is 0.452 e. The molecule has 3 aromatic rings. The van der Waals surface area contributed by atoms with E-state index in [1.807, 2.05) is 24.3 Å². The van der Waals surface area contributed by atoms with E-state index in [0.29, 0.717) is 10.9 Å². The lowest BCUT2D eigenvalue weighted by Gasteiger charge is -2.16. The highest BCUT2D eigenvalue weighted by Gasteiger charge is 2.40. The molecule has 0 aliphatic carbocycles. The lowest BCUT2D eigenvalue weighted by Crippen LogP contribution is -2.16. The minimum Gasteiger partial charge on any atom is -0.436 e. The Morgan fingerprint density at radius 1 is 1.04 bits per heavy atom. The topological polar surface area (TPSA) is 49.2 Å². The van der Waals surface area contributed by atoms with Crippen LogP contribution in [0.5, 0.6) is 6.01 Å². The van der Waals surface area contributed by atoms with Gasteiger partial charge in [-0.3, -0.25) is 0 Å². The first-order valence-corrected chi connectivity index (χ1v) is 8.97. The van der Waals surface area contributed by atoms with E-state index in [1.165, 1.54) is 7.11 Å². The van der Waals surface area contributed by atoms with E-state index in [2.05, 4.69) is 26.1 Å². The van der Waals surface area contributed by atoms with E-state index in [1.54, 1.807) is 24.3 Å². The molecule has 0 unspecified atom stereocenters. The second-order valence-electron chi connectivity index (χ2n) is 5.54. The van der Waals surface area contributed by atoms with Crippen LogP contribution in [0.1, 0.15) is 11.4 Å². The van der Waals surface area contributed by atoms with Crippen molar-refractivity contribution in [2.75, 3.05) is 13.9 Å². The van der Waals surface area contributed by atoms with Crippen LogP contribution in [0.3, 0.4) is 0 Å². The molecule has 5 nitrogen and oxygen atoms in total. The number of aromatic nitrogens is 3. The predicted octanol–water partition coefficient (Wildman–Crippen LogP) is 4.83. The minimum absolute atomic E-state index is 0.252. The number of rotatable bonds is 6. The number of halogens is 4. The van der Waals surface area contributed by atoms with Crippen LogP contribution in [-0.2, 0) is 16.2 Å². The molecule has 0 fully saturated rings. The zero-order chi connectivity index (χ0) is 19.4. The van der Waals surface area contributed by atoms with Crippen molar-refractivity contribution >= 4 is 15.9 Å². The van der Waals surface area contributed by atoms with Gasteiger partial charge in [-0.1, -0.05) is 63.5 Å². The van der Waals surface area contributed by atoms with Crippen molar-refractivity contribution in [3.63, 3.8) is 0 Å². The van der Waals surface area contributed by atoms with Crippen LogP contribution in [0.4, 0.5) is 13.2 Å². The highest BCUT2D eigenvalue weighted by molar-refractivity contribution is 9.08. The fourth-order valence-corrected chi connectivity index (χ4v) is 2.94. The van der Waals surface area contributed by atoms with Crippen LogP contribution in [0.15, 0.2) is 48.5 Å². The van der Waals surface area contributed by atoms with Crippen LogP contribution in [0, 0.1) is 0 Å². The standard InChI is InChI=1S/C18H15BrF3N3O2/c1-26-11-27-17-24-23-16(18(20,21)22)25(17)15-5-3-2-4-14(15)13-8-6-12(10-19)7-9-13/h2-9H,10-11H2,1H3. The summed E-state index contributed by atoms with van der Waals surface area (Å²) in [6.45, 7) is -0.252. The summed E-state index contributed by atoms with van der Waals surface area (Å²) in [5.41, 5.74) is 2.66. The Labute approximate surface area is 161 Å². The molecule has 0 aliphatic heterocycles. The van der Waals surface area contributed by atoms with Gasteiger partial charge in [0.25, 0.3) is 0 Å². The summed E-state index contributed by atoms with van der Waals surface area (Å²) < 4.78 is 51.3. The summed E-state index contributed by atoms with van der Waals surface area (Å²) in [5.74, 6) is -1.17. The number of nitrogens with zero attached hydrogens (tertiary/aromatic N) is 3. The molecule has 0 aliphatic rings. The quantitative estimate of drug-likeness (QED) is 0.406. The zero-order valence-electron chi connectivity index (χ0n) is 14.2. The molecule has 3 rings (SSSR count). The Hall–Kier alpha value is -2.39. The summed E-state index contributed by atoms with van der Waals surface area (Å²) >= 11 is 3.38. The fraction of sp³-hybridized carbons (Fsp3) is 0.222. The number of benzene rings is 2. The van der Waals surface area contributed by atoms with Gasteiger partial charge in [0.05, 0.1) is 5.69 Å². The van der Waals surface area contributed by atoms with Gasteiger partial charge < -0.3 is 9.47 Å². The normalized spacial score (nSPS) is 11.6. The summed E-state index contributed by atoms with van der Waals surface area (Å²) in [5, 5.41) is 7.51. The lowest BCUT2D eigenvalue weighted by molar-refractivity contribution is -0.146. The smallest absolute Gasteiger partial charge is 0.436 e. The molecular formula is C18H15BrF3N3O2. The van der Waals surface area contributed by atoms with Crippen molar-refractivity contribution < 1.29 is 22.6 Å². The van der Waals surface area contributed by atoms with Crippen LogP contribution < -0.4 is 4.74 Å². The van der Waals surface area contributed by atoms with Gasteiger partial charge in [0.1, 0.15) is 0 Å². The Morgan fingerprint density at radius 2 is 1.74 bits per heavy atom. The Balaban J connectivity index is 2.17. The fourth-order valence-electron chi connectivity index (χ4n) is 2.56. The summed E-state index contributed by atoms with van der Waals surface area (Å²) in [6.07, 6.45) is -4.70. The molecule has 0 saturated heterocycles. The third kappa shape index (κ3) is 4.14. The van der Waals surface area contributed by atoms with Crippen molar-refractivity contribution in [1.29, 1.82) is 0 Å². The molecule has 2 aromatic carbocycles. The van der Waals surface area contributed by atoms with Gasteiger partial charge in [-0.15, -0.1) is 5.10 Å². The van der Waals surface area contributed by atoms with Crippen molar-refractivity contribution in [1.82, 2.24) is 14.8 Å². The molecule has 0 saturated carbocycles. The van der Waals surface area contributed by atoms with Gasteiger partial charge in [-0.25, -0.2) is 4.57 Å². The molecule has 0 amide bonds. The third-order valence-corrected chi connectivity index (χ3v) is 4.40. The van der Waals surface area contributed by atoms with E-state index < -0.39 is 12.0 Å². The SMILES string of the molecule is COCOc1nnc(C(F)(F)F)n1-c1ccccc1-c1ccc(CBr)cc1. The molecule has 9 heteroatoms. The number of hydrogen-bond acceptors (Lipinski definition) is 4. The second-order valence-corrected chi connectivity index (χ2v) is 6.10. The Kier molecular flexibility index (Phi) is 5.81.